The van der Waals surface area contributed by atoms with Crippen molar-refractivity contribution in [1.82, 2.24) is 24.5 Å². The summed E-state index contributed by atoms with van der Waals surface area (Å²) in [6, 6.07) is 11.5. The Morgan fingerprint density at radius 3 is 2.17 bits per heavy atom. The number of amides is 1. The van der Waals surface area contributed by atoms with Crippen LogP contribution in [0.5, 0.6) is 0 Å². The molecule has 1 aliphatic heterocycles. The van der Waals surface area contributed by atoms with Gasteiger partial charge in [0.2, 0.25) is 5.91 Å². The maximum atomic E-state index is 11.9. The second kappa shape index (κ2) is 14.5. The number of carbonyl (C=O) groups is 2. The van der Waals surface area contributed by atoms with E-state index >= 15 is 0 Å². The van der Waals surface area contributed by atoms with E-state index in [1.165, 1.54) is 4.52 Å². The van der Waals surface area contributed by atoms with Gasteiger partial charge in [-0.3, -0.25) is 14.6 Å². The molecule has 3 N–H and O–H groups in total. The van der Waals surface area contributed by atoms with Crippen molar-refractivity contribution in [3.63, 3.8) is 0 Å². The van der Waals surface area contributed by atoms with Crippen molar-refractivity contribution in [2.75, 3.05) is 18.8 Å². The summed E-state index contributed by atoms with van der Waals surface area (Å²) in [5.74, 6) is 1.18. The number of likely N-dealkylation sites (tertiary alicyclic amines) is 1. The zero-order valence-electron chi connectivity index (χ0n) is 25.0. The fourth-order valence-corrected chi connectivity index (χ4v) is 4.65. The van der Waals surface area contributed by atoms with Gasteiger partial charge in [-0.05, 0) is 30.4 Å². The number of carbonyl (C=O) groups excluding carboxylic acids is 2. The predicted octanol–water partition coefficient (Wildman–Crippen LogP) is 5.76. The van der Waals surface area contributed by atoms with Crippen LogP contribution in [0.1, 0.15) is 81.9 Å². The number of fused-ring (bicyclic) bond motifs is 1. The number of pyridine rings is 1. The van der Waals surface area contributed by atoms with Gasteiger partial charge in [0.25, 0.3) is 0 Å². The average Bonchev–Trinajstić information content (AvgIpc) is 3.42. The highest BCUT2D eigenvalue weighted by atomic mass is 16.3. The lowest BCUT2D eigenvalue weighted by molar-refractivity contribution is -0.129. The average molecular weight is 559 g/mol. The Bertz CT molecular complexity index is 1430. The lowest BCUT2D eigenvalue weighted by Gasteiger charge is -2.31. The fourth-order valence-electron chi connectivity index (χ4n) is 4.65. The number of aldehydes is 1. The number of piperidine rings is 1. The highest BCUT2D eigenvalue weighted by Gasteiger charge is 2.27. The molecular weight excluding hydrogens is 516 g/mol. The SMILES string of the molecule is CC.CC(=O)N1CCC(c2nc3c(-c4ccc(-c5ccc(CO)cc5)nc4)cnn3c(N)c2C=O)CC1.CC(C)C. The number of aliphatic hydroxyl groups excluding tert-OH is 1. The third-order valence-corrected chi connectivity index (χ3v) is 6.70. The second-order valence-corrected chi connectivity index (χ2v) is 10.5. The Kier molecular flexibility index (Phi) is 11.1. The van der Waals surface area contributed by atoms with Gasteiger partial charge in [-0.15, -0.1) is 0 Å². The van der Waals surface area contributed by atoms with Crippen molar-refractivity contribution in [3.05, 3.63) is 65.6 Å². The summed E-state index contributed by atoms with van der Waals surface area (Å²) < 4.78 is 1.49. The number of aliphatic hydroxyl groups is 1. The number of nitrogen functional groups attached to an aromatic ring is 1. The van der Waals surface area contributed by atoms with E-state index in [1.807, 2.05) is 55.1 Å². The number of rotatable bonds is 5. The number of nitrogens with zero attached hydrogens (tertiary/aromatic N) is 5. The summed E-state index contributed by atoms with van der Waals surface area (Å²) in [7, 11) is 0. The van der Waals surface area contributed by atoms with Gasteiger partial charge in [-0.2, -0.15) is 9.61 Å². The van der Waals surface area contributed by atoms with Crippen molar-refractivity contribution >= 4 is 23.7 Å². The Morgan fingerprint density at radius 2 is 1.66 bits per heavy atom. The molecule has 0 atom stereocenters. The molecule has 5 rings (SSSR count). The van der Waals surface area contributed by atoms with Gasteiger partial charge in [-0.25, -0.2) is 4.98 Å². The highest BCUT2D eigenvalue weighted by Crippen LogP contribution is 2.34. The quantitative estimate of drug-likeness (QED) is 0.298. The summed E-state index contributed by atoms with van der Waals surface area (Å²) >= 11 is 0. The van der Waals surface area contributed by atoms with Crippen LogP contribution in [0.15, 0.2) is 48.8 Å². The molecule has 0 radical (unpaired) electrons. The summed E-state index contributed by atoms with van der Waals surface area (Å²) in [5, 5.41) is 13.6. The number of aromatic nitrogens is 4. The van der Waals surface area contributed by atoms with Crippen LogP contribution in [-0.4, -0.2) is 54.9 Å². The molecule has 0 spiro atoms. The normalized spacial score (nSPS) is 13.3. The summed E-state index contributed by atoms with van der Waals surface area (Å²) in [6.07, 6.45) is 5.63. The Balaban J connectivity index is 0.000000710. The molecule has 218 valence electrons. The number of nitrogens with two attached hydrogens (primary N) is 1. The largest absolute Gasteiger partial charge is 0.392 e. The maximum absolute atomic E-state index is 11.9. The fraction of sp³-hybridized carbons (Fsp3) is 0.406. The van der Waals surface area contributed by atoms with E-state index in [0.717, 1.165) is 53.0 Å². The van der Waals surface area contributed by atoms with Crippen LogP contribution in [0.4, 0.5) is 5.82 Å². The van der Waals surface area contributed by atoms with Crippen LogP contribution >= 0.6 is 0 Å². The van der Waals surface area contributed by atoms with Gasteiger partial charge in [0, 0.05) is 48.8 Å². The van der Waals surface area contributed by atoms with E-state index in [9.17, 15) is 14.7 Å². The molecule has 1 aliphatic rings. The van der Waals surface area contributed by atoms with Crippen LogP contribution in [-0.2, 0) is 11.4 Å². The first kappa shape index (κ1) is 31.4. The van der Waals surface area contributed by atoms with Crippen LogP contribution < -0.4 is 5.73 Å². The number of hydrogen-bond donors (Lipinski definition) is 2. The Hall–Kier alpha value is -4.11. The van der Waals surface area contributed by atoms with E-state index < -0.39 is 0 Å². The second-order valence-electron chi connectivity index (χ2n) is 10.5. The molecule has 0 bridgehead atoms. The van der Waals surface area contributed by atoms with Crippen LogP contribution in [0.2, 0.25) is 0 Å². The highest BCUT2D eigenvalue weighted by molar-refractivity contribution is 5.87. The first-order valence-electron chi connectivity index (χ1n) is 14.3. The zero-order chi connectivity index (χ0) is 30.1. The van der Waals surface area contributed by atoms with Crippen LogP contribution in [0, 0.1) is 5.92 Å². The van der Waals surface area contributed by atoms with Crippen molar-refractivity contribution in [1.29, 1.82) is 0 Å². The molecule has 1 fully saturated rings. The lowest BCUT2D eigenvalue weighted by Crippen LogP contribution is -2.36. The number of anilines is 1. The molecule has 9 heteroatoms. The minimum absolute atomic E-state index is 0.00115. The molecule has 0 aliphatic carbocycles. The summed E-state index contributed by atoms with van der Waals surface area (Å²) in [5.41, 5.74) is 12.1. The summed E-state index contributed by atoms with van der Waals surface area (Å²) in [6.45, 7) is 13.3. The first-order valence-corrected chi connectivity index (χ1v) is 14.3. The van der Waals surface area contributed by atoms with Crippen LogP contribution in [0.25, 0.3) is 28.0 Å². The minimum Gasteiger partial charge on any atom is -0.392 e. The van der Waals surface area contributed by atoms with E-state index in [0.29, 0.717) is 30.0 Å². The standard InChI is InChI=1S/C26H26N6O3.C4H10.C2H6/c1-16(35)31-10-8-19(9-11-31)24-22(15-34)25(27)32-26(30-24)21(13-29-32)20-6-7-23(28-12-20)18-4-2-17(14-33)3-5-18;1-4(2)3;1-2/h2-7,12-13,15,19,33H,8-11,14,27H2,1H3;4H,1-3H3;1-2H3. The van der Waals surface area contributed by atoms with Crippen molar-refractivity contribution < 1.29 is 14.7 Å². The monoisotopic (exact) mass is 558 g/mol. The molecular formula is C32H42N6O3. The van der Waals surface area contributed by atoms with E-state index in [4.69, 9.17) is 10.7 Å². The van der Waals surface area contributed by atoms with Gasteiger partial charge < -0.3 is 15.7 Å². The van der Waals surface area contributed by atoms with Gasteiger partial charge >= 0.3 is 0 Å². The smallest absolute Gasteiger partial charge is 0.219 e. The molecule has 1 saturated heterocycles. The molecule has 0 saturated carbocycles. The van der Waals surface area contributed by atoms with Crippen molar-refractivity contribution in [2.24, 2.45) is 5.92 Å². The molecule has 41 heavy (non-hydrogen) atoms. The molecule has 0 unspecified atom stereocenters. The predicted molar refractivity (Wildman–Crippen MR) is 163 cm³/mol. The van der Waals surface area contributed by atoms with Gasteiger partial charge in [0.15, 0.2) is 11.9 Å². The number of benzene rings is 1. The zero-order valence-corrected chi connectivity index (χ0v) is 25.0. The molecule has 9 nitrogen and oxygen atoms in total. The lowest BCUT2D eigenvalue weighted by atomic mass is 9.90. The third kappa shape index (κ3) is 7.35. The molecule has 4 heterocycles. The van der Waals surface area contributed by atoms with Crippen molar-refractivity contribution in [2.45, 2.75) is 66.9 Å². The molecule has 3 aromatic heterocycles. The Morgan fingerprint density at radius 1 is 1.05 bits per heavy atom. The van der Waals surface area contributed by atoms with E-state index in [1.54, 1.807) is 19.3 Å². The minimum atomic E-state index is 0.00115. The first-order chi connectivity index (χ1) is 19.7. The van der Waals surface area contributed by atoms with E-state index in [2.05, 4.69) is 30.9 Å². The van der Waals surface area contributed by atoms with Crippen molar-refractivity contribution in [3.8, 4) is 22.4 Å². The van der Waals surface area contributed by atoms with Crippen LogP contribution in [0.3, 0.4) is 0 Å². The molecule has 1 amide bonds. The molecule has 1 aromatic carbocycles. The topological polar surface area (TPSA) is 127 Å². The van der Waals surface area contributed by atoms with Gasteiger partial charge in [0.05, 0.1) is 29.8 Å². The number of hydrogen-bond acceptors (Lipinski definition) is 7. The third-order valence-electron chi connectivity index (χ3n) is 6.70. The molecule has 4 aromatic rings. The Labute approximate surface area is 242 Å². The summed E-state index contributed by atoms with van der Waals surface area (Å²) in [4.78, 5) is 34.9. The maximum Gasteiger partial charge on any atom is 0.219 e. The van der Waals surface area contributed by atoms with Gasteiger partial charge in [0.1, 0.15) is 5.82 Å². The van der Waals surface area contributed by atoms with E-state index in [-0.39, 0.29) is 24.2 Å². The van der Waals surface area contributed by atoms with Gasteiger partial charge in [-0.1, -0.05) is 65.0 Å².